The molecule has 126 valence electrons. The maximum Gasteiger partial charge on any atom is 0.436 e. The Morgan fingerprint density at radius 2 is 2.05 bits per heavy atom. The second-order valence-electron chi connectivity index (χ2n) is 5.31. The van der Waals surface area contributed by atoms with Crippen LogP contribution in [0.3, 0.4) is 0 Å². The molecule has 0 aliphatic rings. The molecule has 0 spiro atoms. The fourth-order valence-electron chi connectivity index (χ4n) is 1.92. The number of halogens is 4. The third kappa shape index (κ3) is 4.70. The van der Waals surface area contributed by atoms with E-state index in [2.05, 4.69) is 26.3 Å². The lowest BCUT2D eigenvalue weighted by molar-refractivity contribution is -0.142. The lowest BCUT2D eigenvalue weighted by Gasteiger charge is -2.15. The lowest BCUT2D eigenvalue weighted by Crippen LogP contribution is -2.33. The Balaban J connectivity index is 2.77. The van der Waals surface area contributed by atoms with Crippen molar-refractivity contribution in [2.24, 2.45) is 0 Å². The number of carbonyl (C=O) groups is 1. The first-order valence-corrected chi connectivity index (χ1v) is 7.59. The monoisotopic (exact) mass is 384 g/mol. The molecule has 1 rings (SSSR count). The normalized spacial score (nSPS) is 13.5. The molecule has 9 heteroatoms. The maximum atomic E-state index is 12.8. The summed E-state index contributed by atoms with van der Waals surface area (Å²) in [7, 11) is 3.85. The topological polar surface area (TPSA) is 50.2 Å². The molecule has 22 heavy (non-hydrogen) atoms. The molecule has 0 bridgehead atoms. The zero-order valence-corrected chi connectivity index (χ0v) is 14.5. The van der Waals surface area contributed by atoms with Crippen molar-refractivity contribution in [1.29, 1.82) is 0 Å². The van der Waals surface area contributed by atoms with Crippen LogP contribution in [0.5, 0.6) is 0 Å². The largest absolute Gasteiger partial charge is 0.436 e. The number of alkyl halides is 3. The lowest BCUT2D eigenvalue weighted by atomic mass is 10.3. The quantitative estimate of drug-likeness (QED) is 0.766. The Hall–Kier alpha value is -1.09. The molecule has 1 unspecified atom stereocenters. The number of rotatable bonds is 6. The molecule has 0 aliphatic carbocycles. The standard InChI is InChI=1S/C13H20BrF3N4O/c1-8-10(14)11(13(15,16)17)19-21(8)9(2)12(22)18-6-5-7-20(3)4/h9H,5-7H2,1-4H3,(H,18,22). The Bertz CT molecular complexity index is 528. The van der Waals surface area contributed by atoms with Crippen molar-refractivity contribution in [3.8, 4) is 0 Å². The van der Waals surface area contributed by atoms with E-state index in [0.29, 0.717) is 6.54 Å². The summed E-state index contributed by atoms with van der Waals surface area (Å²) in [5.41, 5.74) is -0.750. The molecular weight excluding hydrogens is 365 g/mol. The van der Waals surface area contributed by atoms with Gasteiger partial charge in [-0.05, 0) is 56.8 Å². The minimum absolute atomic E-state index is 0.132. The van der Waals surface area contributed by atoms with Crippen LogP contribution in [0.15, 0.2) is 4.47 Å². The second-order valence-corrected chi connectivity index (χ2v) is 6.11. The van der Waals surface area contributed by atoms with Crippen molar-refractivity contribution in [2.45, 2.75) is 32.5 Å². The van der Waals surface area contributed by atoms with Gasteiger partial charge in [0, 0.05) is 6.54 Å². The number of nitrogens with one attached hydrogen (secondary N) is 1. The van der Waals surface area contributed by atoms with Crippen LogP contribution in [-0.2, 0) is 11.0 Å². The zero-order valence-electron chi connectivity index (χ0n) is 13.0. The van der Waals surface area contributed by atoms with Gasteiger partial charge in [0.25, 0.3) is 0 Å². The number of amides is 1. The first kappa shape index (κ1) is 19.0. The predicted octanol–water partition coefficient (Wildman–Crippen LogP) is 2.60. The summed E-state index contributed by atoms with van der Waals surface area (Å²) in [5.74, 6) is -0.356. The van der Waals surface area contributed by atoms with Gasteiger partial charge in [-0.1, -0.05) is 0 Å². The number of hydrogen-bond acceptors (Lipinski definition) is 3. The SMILES string of the molecule is Cc1c(Br)c(C(F)(F)F)nn1C(C)C(=O)NCCCN(C)C. The highest BCUT2D eigenvalue weighted by atomic mass is 79.9. The molecule has 1 atom stereocenters. The molecule has 1 aromatic rings. The van der Waals surface area contributed by atoms with Crippen molar-refractivity contribution >= 4 is 21.8 Å². The Morgan fingerprint density at radius 1 is 1.45 bits per heavy atom. The number of hydrogen-bond donors (Lipinski definition) is 1. The van der Waals surface area contributed by atoms with E-state index in [1.54, 1.807) is 0 Å². The molecule has 0 aromatic carbocycles. The Morgan fingerprint density at radius 3 is 2.50 bits per heavy atom. The highest BCUT2D eigenvalue weighted by Crippen LogP contribution is 2.36. The molecule has 0 radical (unpaired) electrons. The maximum absolute atomic E-state index is 12.8. The van der Waals surface area contributed by atoms with E-state index in [0.717, 1.165) is 17.6 Å². The first-order valence-electron chi connectivity index (χ1n) is 6.80. The van der Waals surface area contributed by atoms with Gasteiger partial charge >= 0.3 is 6.18 Å². The van der Waals surface area contributed by atoms with Crippen LogP contribution in [-0.4, -0.2) is 47.8 Å². The number of aromatic nitrogens is 2. The van der Waals surface area contributed by atoms with E-state index >= 15 is 0 Å². The molecule has 0 fully saturated rings. The third-order valence-electron chi connectivity index (χ3n) is 3.17. The minimum atomic E-state index is -4.56. The van der Waals surface area contributed by atoms with Crippen molar-refractivity contribution in [1.82, 2.24) is 20.0 Å². The van der Waals surface area contributed by atoms with Crippen LogP contribution in [0, 0.1) is 6.92 Å². The van der Waals surface area contributed by atoms with E-state index in [1.165, 1.54) is 13.8 Å². The van der Waals surface area contributed by atoms with Gasteiger partial charge in [0.2, 0.25) is 5.91 Å². The smallest absolute Gasteiger partial charge is 0.354 e. The fourth-order valence-corrected chi connectivity index (χ4v) is 2.41. The van der Waals surface area contributed by atoms with Crippen LogP contribution in [0.4, 0.5) is 13.2 Å². The van der Waals surface area contributed by atoms with Gasteiger partial charge in [0.1, 0.15) is 6.04 Å². The van der Waals surface area contributed by atoms with Gasteiger partial charge in [-0.25, -0.2) is 0 Å². The summed E-state index contributed by atoms with van der Waals surface area (Å²) >= 11 is 2.89. The summed E-state index contributed by atoms with van der Waals surface area (Å²) in [5, 5.41) is 6.24. The van der Waals surface area contributed by atoms with Gasteiger partial charge < -0.3 is 10.2 Å². The molecule has 0 saturated carbocycles. The third-order valence-corrected chi connectivity index (χ3v) is 4.12. The Labute approximate surface area is 136 Å². The van der Waals surface area contributed by atoms with E-state index in [9.17, 15) is 18.0 Å². The molecule has 1 heterocycles. The minimum Gasteiger partial charge on any atom is -0.354 e. The highest BCUT2D eigenvalue weighted by molar-refractivity contribution is 9.10. The average molecular weight is 385 g/mol. The van der Waals surface area contributed by atoms with Crippen LogP contribution in [0.2, 0.25) is 0 Å². The zero-order chi connectivity index (χ0) is 17.1. The molecule has 1 aromatic heterocycles. The average Bonchev–Trinajstić information content (AvgIpc) is 2.70. The second kappa shape index (κ2) is 7.45. The van der Waals surface area contributed by atoms with Gasteiger partial charge in [-0.3, -0.25) is 9.48 Å². The van der Waals surface area contributed by atoms with E-state index < -0.39 is 17.9 Å². The van der Waals surface area contributed by atoms with Crippen LogP contribution < -0.4 is 5.32 Å². The summed E-state index contributed by atoms with van der Waals surface area (Å²) < 4.78 is 39.4. The molecule has 1 amide bonds. The summed E-state index contributed by atoms with van der Waals surface area (Å²) in [6, 6.07) is -0.813. The van der Waals surface area contributed by atoms with Crippen LogP contribution in [0.25, 0.3) is 0 Å². The Kier molecular flexibility index (Phi) is 6.42. The predicted molar refractivity (Wildman–Crippen MR) is 80.6 cm³/mol. The number of carbonyl (C=O) groups excluding carboxylic acids is 1. The van der Waals surface area contributed by atoms with Gasteiger partial charge in [0.05, 0.1) is 10.2 Å². The van der Waals surface area contributed by atoms with Gasteiger partial charge in [-0.2, -0.15) is 18.3 Å². The summed E-state index contributed by atoms with van der Waals surface area (Å²) in [6.45, 7) is 4.30. The molecule has 5 nitrogen and oxygen atoms in total. The molecule has 0 saturated heterocycles. The van der Waals surface area contributed by atoms with E-state index in [-0.39, 0.29) is 16.1 Å². The number of nitrogens with zero attached hydrogens (tertiary/aromatic N) is 3. The van der Waals surface area contributed by atoms with Crippen LogP contribution in [0.1, 0.15) is 30.8 Å². The van der Waals surface area contributed by atoms with Gasteiger partial charge in [-0.15, -0.1) is 0 Å². The van der Waals surface area contributed by atoms with Crippen molar-refractivity contribution in [3.63, 3.8) is 0 Å². The van der Waals surface area contributed by atoms with Crippen molar-refractivity contribution < 1.29 is 18.0 Å². The first-order chi connectivity index (χ1) is 10.1. The molecular formula is C13H20BrF3N4O. The fraction of sp³-hybridized carbons (Fsp3) is 0.692. The highest BCUT2D eigenvalue weighted by Gasteiger charge is 2.38. The summed E-state index contributed by atoms with van der Waals surface area (Å²) in [6.07, 6.45) is -3.79. The van der Waals surface area contributed by atoms with E-state index in [4.69, 9.17) is 0 Å². The van der Waals surface area contributed by atoms with Gasteiger partial charge in [0.15, 0.2) is 5.69 Å². The summed E-state index contributed by atoms with van der Waals surface area (Å²) in [4.78, 5) is 14.0. The molecule has 0 aliphatic heterocycles. The van der Waals surface area contributed by atoms with E-state index in [1.807, 2.05) is 19.0 Å². The molecule has 1 N–H and O–H groups in total. The van der Waals surface area contributed by atoms with Crippen LogP contribution >= 0.6 is 15.9 Å². The van der Waals surface area contributed by atoms with Crippen molar-refractivity contribution in [3.05, 3.63) is 15.9 Å². The van der Waals surface area contributed by atoms with Crippen molar-refractivity contribution in [2.75, 3.05) is 27.2 Å².